The summed E-state index contributed by atoms with van der Waals surface area (Å²) in [6.45, 7) is 14.8. The van der Waals surface area contributed by atoms with Crippen LogP contribution in [-0.2, 0) is 0 Å². The Morgan fingerprint density at radius 1 is 0.923 bits per heavy atom. The molecule has 4 aliphatic rings. The maximum atomic E-state index is 10.6. The Balaban J connectivity index is 1.66. The fourth-order valence-corrected chi connectivity index (χ4v) is 9.29. The molecule has 0 aromatic carbocycles. The van der Waals surface area contributed by atoms with Crippen molar-refractivity contribution in [1.82, 2.24) is 0 Å². The van der Waals surface area contributed by atoms with Crippen molar-refractivity contribution in [2.24, 2.45) is 58.2 Å². The van der Waals surface area contributed by atoms with E-state index < -0.39 is 0 Å². The van der Waals surface area contributed by atoms with Crippen LogP contribution < -0.4 is 0 Å². The van der Waals surface area contributed by atoms with Crippen LogP contribution in [-0.4, -0.2) is 11.2 Å². The van der Waals surface area contributed by atoms with E-state index in [1.807, 2.05) is 0 Å². The van der Waals surface area contributed by atoms with E-state index in [4.69, 9.17) is 0 Å². The second kappa shape index (κ2) is 6.50. The summed E-state index contributed by atoms with van der Waals surface area (Å²) in [5, 5.41) is 10.6. The zero-order valence-electron chi connectivity index (χ0n) is 18.3. The van der Waals surface area contributed by atoms with Crippen LogP contribution in [0.2, 0.25) is 0 Å². The highest BCUT2D eigenvalue weighted by molar-refractivity contribution is 5.09. The minimum atomic E-state index is -0.140. The second-order valence-corrected chi connectivity index (χ2v) is 12.0. The highest BCUT2D eigenvalue weighted by Gasteiger charge is 2.60. The monoisotopic (exact) mass is 360 g/mol. The standard InChI is InChI=1S/C25H44O/c1-15-7-8-21-19-10-12-25(6)22(18(4)26)13-16(2)17(3)23(25)20(19)9-11-24(21,5)14-15/h15-23,26H,7-14H2,1-6H3/t15-,16-,17?,18?,19?,20?,21?,22?,23?,24?,25?/m0/s1. The summed E-state index contributed by atoms with van der Waals surface area (Å²) in [6, 6.07) is 0. The smallest absolute Gasteiger partial charge is 0.0545 e. The lowest BCUT2D eigenvalue weighted by atomic mass is 9.40. The predicted octanol–water partition coefficient (Wildman–Crippen LogP) is 6.54. The Hall–Kier alpha value is -0.0400. The molecule has 0 radical (unpaired) electrons. The molecular formula is C25H44O. The molecule has 11 atom stereocenters. The highest BCUT2D eigenvalue weighted by Crippen LogP contribution is 2.67. The SMILES string of the molecule is CC(O)C1C[C@H](C)C(C)C2C3CCC4(C)C[C@@H](C)CCC4C3CCC12C. The van der Waals surface area contributed by atoms with Crippen LogP contribution in [0, 0.1) is 58.2 Å². The molecule has 1 N–H and O–H groups in total. The van der Waals surface area contributed by atoms with Crippen molar-refractivity contribution in [3.05, 3.63) is 0 Å². The molecule has 0 aromatic heterocycles. The Bertz CT molecular complexity index is 526. The Labute approximate surface area is 162 Å². The van der Waals surface area contributed by atoms with Crippen molar-refractivity contribution >= 4 is 0 Å². The van der Waals surface area contributed by atoms with Gasteiger partial charge in [0.05, 0.1) is 6.10 Å². The first-order valence-corrected chi connectivity index (χ1v) is 11.9. The molecule has 4 fully saturated rings. The summed E-state index contributed by atoms with van der Waals surface area (Å²) in [5.74, 6) is 6.78. The summed E-state index contributed by atoms with van der Waals surface area (Å²) >= 11 is 0. The molecule has 26 heavy (non-hydrogen) atoms. The first kappa shape index (κ1) is 19.3. The number of fused-ring (bicyclic) bond motifs is 5. The lowest BCUT2D eigenvalue weighted by Crippen LogP contribution is -2.59. The summed E-state index contributed by atoms with van der Waals surface area (Å²) in [5.41, 5.74) is 0.997. The first-order chi connectivity index (χ1) is 12.2. The fraction of sp³-hybridized carbons (Fsp3) is 1.00. The number of rotatable bonds is 1. The van der Waals surface area contributed by atoms with Crippen LogP contribution in [0.1, 0.15) is 92.9 Å². The summed E-state index contributed by atoms with van der Waals surface area (Å²) < 4.78 is 0. The lowest BCUT2D eigenvalue weighted by Gasteiger charge is -2.65. The minimum Gasteiger partial charge on any atom is -0.393 e. The highest BCUT2D eigenvalue weighted by atomic mass is 16.3. The van der Waals surface area contributed by atoms with Crippen LogP contribution in [0.4, 0.5) is 0 Å². The summed E-state index contributed by atoms with van der Waals surface area (Å²) in [6.07, 6.45) is 11.3. The second-order valence-electron chi connectivity index (χ2n) is 12.0. The van der Waals surface area contributed by atoms with Crippen LogP contribution in [0.5, 0.6) is 0 Å². The van der Waals surface area contributed by atoms with E-state index in [1.165, 1.54) is 51.4 Å². The van der Waals surface area contributed by atoms with Gasteiger partial charge in [0.25, 0.3) is 0 Å². The molecule has 4 rings (SSSR count). The van der Waals surface area contributed by atoms with Gasteiger partial charge in [-0.05, 0) is 110 Å². The third kappa shape index (κ3) is 2.73. The summed E-state index contributed by atoms with van der Waals surface area (Å²) in [7, 11) is 0. The van der Waals surface area contributed by atoms with E-state index in [0.29, 0.717) is 16.7 Å². The molecule has 0 aliphatic heterocycles. The maximum Gasteiger partial charge on any atom is 0.0545 e. The maximum absolute atomic E-state index is 10.6. The number of aliphatic hydroxyl groups is 1. The molecule has 9 unspecified atom stereocenters. The Kier molecular flexibility index (Phi) is 4.82. The van der Waals surface area contributed by atoms with Crippen molar-refractivity contribution in [3.63, 3.8) is 0 Å². The Morgan fingerprint density at radius 2 is 1.62 bits per heavy atom. The molecule has 0 spiro atoms. The Morgan fingerprint density at radius 3 is 2.31 bits per heavy atom. The average Bonchev–Trinajstić information content (AvgIpc) is 2.56. The lowest BCUT2D eigenvalue weighted by molar-refractivity contribution is -0.176. The van der Waals surface area contributed by atoms with Crippen LogP contribution >= 0.6 is 0 Å². The van der Waals surface area contributed by atoms with Gasteiger partial charge in [-0.1, -0.05) is 41.0 Å². The molecule has 4 saturated carbocycles. The van der Waals surface area contributed by atoms with Crippen molar-refractivity contribution in [1.29, 1.82) is 0 Å². The topological polar surface area (TPSA) is 20.2 Å². The van der Waals surface area contributed by atoms with E-state index in [9.17, 15) is 5.11 Å². The minimum absolute atomic E-state index is 0.140. The predicted molar refractivity (Wildman–Crippen MR) is 110 cm³/mol. The van der Waals surface area contributed by atoms with Gasteiger partial charge in [0.15, 0.2) is 0 Å². The van der Waals surface area contributed by atoms with E-state index >= 15 is 0 Å². The van der Waals surface area contributed by atoms with Crippen LogP contribution in [0.3, 0.4) is 0 Å². The van der Waals surface area contributed by atoms with E-state index in [1.54, 1.807) is 0 Å². The average molecular weight is 361 g/mol. The molecule has 0 saturated heterocycles. The van der Waals surface area contributed by atoms with Crippen molar-refractivity contribution in [2.75, 3.05) is 0 Å². The fourth-order valence-electron chi connectivity index (χ4n) is 9.29. The van der Waals surface area contributed by atoms with Gasteiger partial charge in [-0.2, -0.15) is 0 Å². The van der Waals surface area contributed by atoms with E-state index in [0.717, 1.165) is 41.4 Å². The van der Waals surface area contributed by atoms with Gasteiger partial charge in [0.2, 0.25) is 0 Å². The molecule has 0 heterocycles. The molecule has 150 valence electrons. The van der Waals surface area contributed by atoms with Gasteiger partial charge < -0.3 is 5.11 Å². The van der Waals surface area contributed by atoms with Crippen LogP contribution in [0.25, 0.3) is 0 Å². The quantitative estimate of drug-likeness (QED) is 0.562. The zero-order chi connectivity index (χ0) is 18.9. The van der Waals surface area contributed by atoms with Gasteiger partial charge >= 0.3 is 0 Å². The molecule has 4 aliphatic carbocycles. The first-order valence-electron chi connectivity index (χ1n) is 11.9. The normalized spacial score (nSPS) is 58.3. The summed E-state index contributed by atoms with van der Waals surface area (Å²) in [4.78, 5) is 0. The van der Waals surface area contributed by atoms with Crippen molar-refractivity contribution < 1.29 is 5.11 Å². The molecular weight excluding hydrogens is 316 g/mol. The van der Waals surface area contributed by atoms with Gasteiger partial charge in [-0.25, -0.2) is 0 Å². The molecule has 0 amide bonds. The van der Waals surface area contributed by atoms with Crippen LogP contribution in [0.15, 0.2) is 0 Å². The number of hydrogen-bond acceptors (Lipinski definition) is 1. The van der Waals surface area contributed by atoms with E-state index in [2.05, 4.69) is 41.5 Å². The third-order valence-electron chi connectivity index (χ3n) is 10.6. The van der Waals surface area contributed by atoms with Gasteiger partial charge in [0, 0.05) is 0 Å². The van der Waals surface area contributed by atoms with Crippen molar-refractivity contribution in [2.45, 2.75) is 99.0 Å². The zero-order valence-corrected chi connectivity index (χ0v) is 18.3. The number of hydrogen-bond donors (Lipinski definition) is 1. The van der Waals surface area contributed by atoms with Gasteiger partial charge in [0.1, 0.15) is 0 Å². The van der Waals surface area contributed by atoms with Crippen molar-refractivity contribution in [3.8, 4) is 0 Å². The van der Waals surface area contributed by atoms with Gasteiger partial charge in [-0.15, -0.1) is 0 Å². The third-order valence-corrected chi connectivity index (χ3v) is 10.6. The van der Waals surface area contributed by atoms with E-state index in [-0.39, 0.29) is 6.10 Å². The number of aliphatic hydroxyl groups excluding tert-OH is 1. The van der Waals surface area contributed by atoms with Gasteiger partial charge in [-0.3, -0.25) is 0 Å². The molecule has 0 bridgehead atoms. The largest absolute Gasteiger partial charge is 0.393 e. The molecule has 1 heteroatoms. The molecule has 0 aromatic rings. The molecule has 1 nitrogen and oxygen atoms in total.